The number of nitriles is 1. The van der Waals surface area contributed by atoms with Crippen LogP contribution < -0.4 is 4.74 Å². The molecule has 3 aromatic rings. The van der Waals surface area contributed by atoms with E-state index in [1.807, 2.05) is 6.07 Å². The average molecular weight is 625 g/mol. The Balaban J connectivity index is 1.81. The number of aromatic nitrogens is 2. The number of hydrogen-bond donors (Lipinski definition) is 1. The second-order valence-corrected chi connectivity index (χ2v) is 10.3. The standard InChI is InChI=1S/C29H26F6N4O5/c1-42-25(40)27(13-20-3-2-4-21(11-20)43-29(33,34)35)9-10-39(44-26(41)28(30,31)32)16-23(27)22(24-15-37-17-38-24)12-18-5-7-19(14-36)8-6-18/h2-8,11,15,17,22-23H,9-10,12-13,16H2,1H3,(H,37,38). The molecule has 1 fully saturated rings. The molecule has 3 atom stereocenters. The third-order valence-electron chi connectivity index (χ3n) is 7.55. The van der Waals surface area contributed by atoms with Gasteiger partial charge in [0.05, 0.1) is 30.5 Å². The number of aromatic amines is 1. The van der Waals surface area contributed by atoms with Gasteiger partial charge in [0.2, 0.25) is 0 Å². The van der Waals surface area contributed by atoms with E-state index in [9.17, 15) is 41.2 Å². The molecule has 1 aromatic heterocycles. The van der Waals surface area contributed by atoms with Crippen LogP contribution in [-0.4, -0.2) is 59.7 Å². The summed E-state index contributed by atoms with van der Waals surface area (Å²) in [6, 6.07) is 13.6. The number of halogens is 6. The summed E-state index contributed by atoms with van der Waals surface area (Å²) >= 11 is 0. The Bertz CT molecular complexity index is 1490. The Morgan fingerprint density at radius 2 is 1.86 bits per heavy atom. The van der Waals surface area contributed by atoms with Crippen molar-refractivity contribution in [2.75, 3.05) is 20.2 Å². The van der Waals surface area contributed by atoms with Crippen LogP contribution in [-0.2, 0) is 32.0 Å². The number of alkyl halides is 6. The second-order valence-electron chi connectivity index (χ2n) is 10.3. The molecule has 1 N–H and O–H groups in total. The molecule has 234 valence electrons. The quantitative estimate of drug-likeness (QED) is 0.254. The van der Waals surface area contributed by atoms with Crippen LogP contribution >= 0.6 is 0 Å². The molecule has 1 saturated heterocycles. The molecule has 3 unspecified atom stereocenters. The summed E-state index contributed by atoms with van der Waals surface area (Å²) in [6.45, 7) is -0.672. The molecule has 1 aliphatic heterocycles. The van der Waals surface area contributed by atoms with Gasteiger partial charge in [-0.05, 0) is 60.6 Å². The van der Waals surface area contributed by atoms with Crippen LogP contribution in [0.1, 0.15) is 34.7 Å². The summed E-state index contributed by atoms with van der Waals surface area (Å²) in [6.07, 6.45) is -7.57. The molecule has 1 aliphatic rings. The first-order valence-electron chi connectivity index (χ1n) is 13.2. The fourth-order valence-electron chi connectivity index (χ4n) is 5.63. The summed E-state index contributed by atoms with van der Waals surface area (Å²) in [4.78, 5) is 37.2. The maximum atomic E-state index is 13.7. The molecule has 9 nitrogen and oxygen atoms in total. The lowest BCUT2D eigenvalue weighted by molar-refractivity contribution is -0.274. The highest BCUT2D eigenvalue weighted by Crippen LogP contribution is 2.49. The number of piperidine rings is 1. The van der Waals surface area contributed by atoms with E-state index in [4.69, 9.17) is 4.74 Å². The predicted molar refractivity (Wildman–Crippen MR) is 139 cm³/mol. The number of nitrogens with zero attached hydrogens (tertiary/aromatic N) is 3. The fourth-order valence-corrected chi connectivity index (χ4v) is 5.63. The summed E-state index contributed by atoms with van der Waals surface area (Å²) in [7, 11) is 1.13. The first kappa shape index (κ1) is 32.3. The van der Waals surface area contributed by atoms with Crippen LogP contribution in [0.25, 0.3) is 0 Å². The lowest BCUT2D eigenvalue weighted by Gasteiger charge is -2.48. The smallest absolute Gasteiger partial charge is 0.469 e. The number of methoxy groups -OCH3 is 1. The first-order valence-corrected chi connectivity index (χ1v) is 13.2. The van der Waals surface area contributed by atoms with Crippen molar-refractivity contribution in [3.8, 4) is 11.8 Å². The van der Waals surface area contributed by atoms with Gasteiger partial charge in [0.1, 0.15) is 5.75 Å². The summed E-state index contributed by atoms with van der Waals surface area (Å²) < 4.78 is 87.4. The van der Waals surface area contributed by atoms with E-state index in [2.05, 4.69) is 19.5 Å². The molecule has 15 heteroatoms. The van der Waals surface area contributed by atoms with E-state index in [0.717, 1.165) is 24.3 Å². The Hall–Kier alpha value is -4.58. The maximum Gasteiger partial charge on any atom is 0.573 e. The number of ether oxygens (including phenoxy) is 2. The molecular weight excluding hydrogens is 598 g/mol. The third-order valence-corrected chi connectivity index (χ3v) is 7.55. The van der Waals surface area contributed by atoms with Crippen molar-refractivity contribution >= 4 is 11.9 Å². The number of hydrogen-bond acceptors (Lipinski definition) is 8. The minimum absolute atomic E-state index is 0.182. The van der Waals surface area contributed by atoms with Gasteiger partial charge in [0.25, 0.3) is 0 Å². The van der Waals surface area contributed by atoms with Crippen molar-refractivity contribution in [3.63, 3.8) is 0 Å². The minimum atomic E-state index is -5.28. The number of nitrogens with one attached hydrogen (secondary N) is 1. The van der Waals surface area contributed by atoms with Crippen molar-refractivity contribution in [2.45, 2.75) is 37.7 Å². The topological polar surface area (TPSA) is 118 Å². The lowest BCUT2D eigenvalue weighted by atomic mass is 9.61. The van der Waals surface area contributed by atoms with E-state index in [0.29, 0.717) is 16.8 Å². The van der Waals surface area contributed by atoms with Crippen molar-refractivity contribution in [1.29, 1.82) is 5.26 Å². The predicted octanol–water partition coefficient (Wildman–Crippen LogP) is 5.25. The van der Waals surface area contributed by atoms with E-state index < -0.39 is 47.5 Å². The summed E-state index contributed by atoms with van der Waals surface area (Å²) in [5.41, 5.74) is 0.331. The number of imidazole rings is 1. The van der Waals surface area contributed by atoms with Gasteiger partial charge in [-0.25, -0.2) is 9.78 Å². The monoisotopic (exact) mass is 624 g/mol. The van der Waals surface area contributed by atoms with E-state index in [-0.39, 0.29) is 37.9 Å². The Morgan fingerprint density at radius 3 is 2.45 bits per heavy atom. The highest BCUT2D eigenvalue weighted by molar-refractivity contribution is 5.78. The van der Waals surface area contributed by atoms with Crippen molar-refractivity contribution in [3.05, 3.63) is 83.4 Å². The van der Waals surface area contributed by atoms with Gasteiger partial charge < -0.3 is 19.3 Å². The normalized spacial score (nSPS) is 19.9. The highest BCUT2D eigenvalue weighted by Gasteiger charge is 2.54. The Labute approximate surface area is 247 Å². The highest BCUT2D eigenvalue weighted by atomic mass is 19.4. The number of esters is 1. The molecule has 0 radical (unpaired) electrons. The molecule has 0 saturated carbocycles. The van der Waals surface area contributed by atoms with Gasteiger partial charge in [-0.3, -0.25) is 4.79 Å². The largest absolute Gasteiger partial charge is 0.573 e. The van der Waals surface area contributed by atoms with Crippen LogP contribution in [0.4, 0.5) is 26.3 Å². The molecule has 4 rings (SSSR count). The van der Waals surface area contributed by atoms with Crippen molar-refractivity contribution in [2.24, 2.45) is 11.3 Å². The van der Waals surface area contributed by atoms with Crippen LogP contribution in [0, 0.1) is 22.7 Å². The fraction of sp³-hybridized carbons (Fsp3) is 0.379. The molecule has 2 aromatic carbocycles. The number of benzene rings is 2. The minimum Gasteiger partial charge on any atom is -0.469 e. The molecule has 0 aliphatic carbocycles. The maximum absolute atomic E-state index is 13.7. The van der Waals surface area contributed by atoms with Gasteiger partial charge >= 0.3 is 24.5 Å². The number of hydroxylamine groups is 2. The van der Waals surface area contributed by atoms with Crippen LogP contribution in [0.3, 0.4) is 0 Å². The van der Waals surface area contributed by atoms with Gasteiger partial charge in [-0.15, -0.1) is 18.2 Å². The van der Waals surface area contributed by atoms with Crippen LogP contribution in [0.5, 0.6) is 5.75 Å². The van der Waals surface area contributed by atoms with Gasteiger partial charge in [-0.2, -0.15) is 18.4 Å². The van der Waals surface area contributed by atoms with Crippen LogP contribution in [0.15, 0.2) is 61.1 Å². The van der Waals surface area contributed by atoms with Gasteiger partial charge in [-0.1, -0.05) is 24.3 Å². The zero-order valence-corrected chi connectivity index (χ0v) is 23.1. The number of rotatable bonds is 9. The molecule has 2 heterocycles. The van der Waals surface area contributed by atoms with Crippen LogP contribution in [0.2, 0.25) is 0 Å². The number of carbonyl (C=O) groups is 2. The molecule has 0 spiro atoms. The molecular formula is C29H26F6N4O5. The zero-order chi connectivity index (χ0) is 32.1. The Kier molecular flexibility index (Phi) is 9.53. The van der Waals surface area contributed by atoms with E-state index >= 15 is 0 Å². The molecule has 0 amide bonds. The molecule has 0 bridgehead atoms. The van der Waals surface area contributed by atoms with Gasteiger partial charge in [0, 0.05) is 30.9 Å². The average Bonchev–Trinajstić information content (AvgIpc) is 3.50. The third kappa shape index (κ3) is 7.67. The summed E-state index contributed by atoms with van der Waals surface area (Å²) in [5.74, 6) is -5.34. The zero-order valence-electron chi connectivity index (χ0n) is 23.1. The van der Waals surface area contributed by atoms with E-state index in [1.54, 1.807) is 24.3 Å². The first-order chi connectivity index (χ1) is 20.7. The summed E-state index contributed by atoms with van der Waals surface area (Å²) in [5, 5.41) is 10.0. The van der Waals surface area contributed by atoms with Crippen molar-refractivity contribution in [1.82, 2.24) is 15.0 Å². The lowest BCUT2D eigenvalue weighted by Crippen LogP contribution is -2.55. The Morgan fingerprint density at radius 1 is 1.14 bits per heavy atom. The number of carbonyl (C=O) groups excluding carboxylic acids is 2. The van der Waals surface area contributed by atoms with Crippen molar-refractivity contribution < 1.29 is 50.2 Å². The number of H-pyrrole nitrogens is 1. The van der Waals surface area contributed by atoms with Gasteiger partial charge in [0.15, 0.2) is 0 Å². The van der Waals surface area contributed by atoms with E-state index in [1.165, 1.54) is 24.7 Å². The molecule has 44 heavy (non-hydrogen) atoms. The SMILES string of the molecule is COC(=O)C1(Cc2cccc(OC(F)(F)F)c2)CCN(OC(=O)C(F)(F)F)CC1C(Cc1ccc(C#N)cc1)c1cnc[nH]1. The second kappa shape index (κ2) is 13.0.